The van der Waals surface area contributed by atoms with Crippen LogP contribution >= 0.6 is 11.6 Å². The van der Waals surface area contributed by atoms with Gasteiger partial charge < -0.3 is 19.5 Å². The minimum Gasteiger partial charge on any atom is -0.495 e. The molecule has 0 fully saturated rings. The first-order chi connectivity index (χ1) is 12.5. The molecule has 2 aromatic rings. The lowest BCUT2D eigenvalue weighted by atomic mass is 10.2. The van der Waals surface area contributed by atoms with E-state index in [4.69, 9.17) is 25.8 Å². The fourth-order valence-electron chi connectivity index (χ4n) is 1.91. The Hall–Kier alpha value is -3.06. The van der Waals surface area contributed by atoms with Crippen LogP contribution in [0.2, 0.25) is 5.02 Å². The molecule has 0 unspecified atom stereocenters. The number of amides is 1. The summed E-state index contributed by atoms with van der Waals surface area (Å²) in [6, 6.07) is 11.0. The summed E-state index contributed by atoms with van der Waals surface area (Å²) in [6.07, 6.45) is 0.701. The monoisotopic (exact) mass is 377 g/mol. The number of ether oxygens (including phenoxy) is 3. The number of hydrogen-bond acceptors (Lipinski definition) is 6. The molecule has 0 aliphatic rings. The minimum absolute atomic E-state index is 0.344. The first-order valence-corrected chi connectivity index (χ1v) is 7.86. The highest BCUT2D eigenvalue weighted by atomic mass is 35.5. The highest BCUT2D eigenvalue weighted by molar-refractivity contribution is 6.32. The second-order valence-electron chi connectivity index (χ2n) is 5.03. The Bertz CT molecular complexity index is 791. The van der Waals surface area contributed by atoms with Crippen molar-refractivity contribution in [3.05, 3.63) is 53.1 Å². The predicted molar refractivity (Wildman–Crippen MR) is 94.9 cm³/mol. The van der Waals surface area contributed by atoms with Crippen LogP contribution in [0, 0.1) is 0 Å². The molecule has 26 heavy (non-hydrogen) atoms. The zero-order valence-electron chi connectivity index (χ0n) is 13.9. The summed E-state index contributed by atoms with van der Waals surface area (Å²) in [5, 5.41) is 2.89. The summed E-state index contributed by atoms with van der Waals surface area (Å²) in [6.45, 7) is -0.821. The largest absolute Gasteiger partial charge is 0.495 e. The Morgan fingerprint density at radius 1 is 1.12 bits per heavy atom. The number of carbonyl (C=O) groups excluding carboxylic acids is 3. The molecular weight excluding hydrogens is 362 g/mol. The van der Waals surface area contributed by atoms with Gasteiger partial charge in [-0.3, -0.25) is 9.59 Å². The van der Waals surface area contributed by atoms with E-state index in [0.29, 0.717) is 34.1 Å². The molecule has 0 bridgehead atoms. The number of esters is 1. The van der Waals surface area contributed by atoms with Crippen LogP contribution in [-0.4, -0.2) is 38.5 Å². The maximum absolute atomic E-state index is 11.8. The van der Waals surface area contributed by atoms with E-state index >= 15 is 0 Å². The number of halogens is 1. The van der Waals surface area contributed by atoms with E-state index in [-0.39, 0.29) is 6.61 Å². The molecule has 7 nitrogen and oxygen atoms in total. The number of anilines is 1. The number of aldehydes is 1. The molecule has 136 valence electrons. The average Bonchev–Trinajstić information content (AvgIpc) is 2.65. The van der Waals surface area contributed by atoms with Crippen LogP contribution in [0.5, 0.6) is 11.5 Å². The second-order valence-corrected chi connectivity index (χ2v) is 5.44. The molecule has 0 aromatic heterocycles. The Labute approximate surface area is 154 Å². The summed E-state index contributed by atoms with van der Waals surface area (Å²) < 4.78 is 15.0. The van der Waals surface area contributed by atoms with Gasteiger partial charge in [-0.15, -0.1) is 0 Å². The van der Waals surface area contributed by atoms with Crippen molar-refractivity contribution in [2.45, 2.75) is 0 Å². The van der Waals surface area contributed by atoms with Gasteiger partial charge in [0.25, 0.3) is 5.91 Å². The number of methoxy groups -OCH3 is 1. The number of carbonyl (C=O) groups is 3. The van der Waals surface area contributed by atoms with Crippen LogP contribution in [0.1, 0.15) is 10.4 Å². The molecule has 1 N–H and O–H groups in total. The van der Waals surface area contributed by atoms with Crippen LogP contribution in [0.4, 0.5) is 5.69 Å². The normalized spacial score (nSPS) is 9.92. The lowest BCUT2D eigenvalue weighted by Crippen LogP contribution is -2.23. The first kappa shape index (κ1) is 19.3. The molecule has 0 spiro atoms. The smallest absolute Gasteiger partial charge is 0.344 e. The predicted octanol–water partition coefficient (Wildman–Crippen LogP) is 2.72. The molecule has 8 heteroatoms. The molecule has 0 atom stereocenters. The summed E-state index contributed by atoms with van der Waals surface area (Å²) in [4.78, 5) is 34.0. The van der Waals surface area contributed by atoms with Crippen molar-refractivity contribution in [3.8, 4) is 11.5 Å². The van der Waals surface area contributed by atoms with Crippen molar-refractivity contribution in [2.24, 2.45) is 0 Å². The van der Waals surface area contributed by atoms with E-state index in [1.54, 1.807) is 36.4 Å². The zero-order chi connectivity index (χ0) is 18.9. The van der Waals surface area contributed by atoms with Crippen LogP contribution in [-0.2, 0) is 14.3 Å². The van der Waals surface area contributed by atoms with Gasteiger partial charge in [-0.05, 0) is 42.5 Å². The van der Waals surface area contributed by atoms with E-state index < -0.39 is 18.5 Å². The molecule has 0 aliphatic heterocycles. The van der Waals surface area contributed by atoms with Gasteiger partial charge in [-0.25, -0.2) is 4.79 Å². The molecule has 0 heterocycles. The number of nitrogens with one attached hydrogen (secondary N) is 1. The summed E-state index contributed by atoms with van der Waals surface area (Å²) in [5.41, 5.74) is 0.943. The van der Waals surface area contributed by atoms with Gasteiger partial charge in [0.1, 0.15) is 17.8 Å². The van der Waals surface area contributed by atoms with Crippen molar-refractivity contribution in [1.82, 2.24) is 0 Å². The van der Waals surface area contributed by atoms with Gasteiger partial charge >= 0.3 is 5.97 Å². The van der Waals surface area contributed by atoms with Gasteiger partial charge in [0.2, 0.25) is 0 Å². The van der Waals surface area contributed by atoms with Gasteiger partial charge in [0, 0.05) is 11.3 Å². The van der Waals surface area contributed by atoms with Crippen LogP contribution in [0.25, 0.3) is 0 Å². The fourth-order valence-corrected chi connectivity index (χ4v) is 2.17. The fraction of sp³-hybridized carbons (Fsp3) is 0.167. The SMILES string of the molecule is COc1ccc(NC(=O)COC(=O)COc2ccc(C=O)cc2)cc1Cl. The summed E-state index contributed by atoms with van der Waals surface area (Å²) >= 11 is 5.96. The summed E-state index contributed by atoms with van der Waals surface area (Å²) in [7, 11) is 1.48. The maximum atomic E-state index is 11.8. The molecule has 0 saturated carbocycles. The Kier molecular flexibility index (Phi) is 6.99. The van der Waals surface area contributed by atoms with E-state index in [1.165, 1.54) is 13.2 Å². The van der Waals surface area contributed by atoms with Crippen LogP contribution < -0.4 is 14.8 Å². The number of hydrogen-bond donors (Lipinski definition) is 1. The molecule has 0 radical (unpaired) electrons. The van der Waals surface area contributed by atoms with E-state index in [9.17, 15) is 14.4 Å². The molecule has 2 aromatic carbocycles. The van der Waals surface area contributed by atoms with Gasteiger partial charge in [0.15, 0.2) is 13.2 Å². The molecular formula is C18H16ClNO6. The number of rotatable bonds is 8. The van der Waals surface area contributed by atoms with Crippen LogP contribution in [0.15, 0.2) is 42.5 Å². The Balaban J connectivity index is 1.74. The van der Waals surface area contributed by atoms with Gasteiger partial charge in [0.05, 0.1) is 12.1 Å². The standard InChI is InChI=1S/C18H16ClNO6/c1-24-16-7-4-13(8-15(16)19)20-17(22)10-26-18(23)11-25-14-5-2-12(9-21)3-6-14/h2-9H,10-11H2,1H3,(H,20,22). The second kappa shape index (κ2) is 9.43. The highest BCUT2D eigenvalue weighted by Crippen LogP contribution is 2.27. The van der Waals surface area contributed by atoms with Crippen molar-refractivity contribution < 1.29 is 28.6 Å². The Morgan fingerprint density at radius 2 is 1.85 bits per heavy atom. The third kappa shape index (κ3) is 5.78. The molecule has 0 saturated heterocycles. The van der Waals surface area contributed by atoms with Crippen molar-refractivity contribution >= 4 is 35.5 Å². The van der Waals surface area contributed by atoms with Crippen molar-refractivity contribution in [3.63, 3.8) is 0 Å². The average molecular weight is 378 g/mol. The lowest BCUT2D eigenvalue weighted by Gasteiger charge is -2.09. The molecule has 2 rings (SSSR count). The lowest BCUT2D eigenvalue weighted by molar-refractivity contribution is -0.149. The van der Waals surface area contributed by atoms with Crippen LogP contribution in [0.3, 0.4) is 0 Å². The topological polar surface area (TPSA) is 90.9 Å². The molecule has 0 aliphatic carbocycles. The van der Waals surface area contributed by atoms with E-state index in [2.05, 4.69) is 5.32 Å². The Morgan fingerprint density at radius 3 is 2.46 bits per heavy atom. The zero-order valence-corrected chi connectivity index (χ0v) is 14.6. The molecule has 1 amide bonds. The van der Waals surface area contributed by atoms with E-state index in [0.717, 1.165) is 0 Å². The van der Waals surface area contributed by atoms with E-state index in [1.807, 2.05) is 0 Å². The quantitative estimate of drug-likeness (QED) is 0.562. The third-order valence-electron chi connectivity index (χ3n) is 3.17. The first-order valence-electron chi connectivity index (χ1n) is 7.49. The minimum atomic E-state index is -0.702. The van der Waals surface area contributed by atoms with Gasteiger partial charge in [-0.2, -0.15) is 0 Å². The third-order valence-corrected chi connectivity index (χ3v) is 3.47. The highest BCUT2D eigenvalue weighted by Gasteiger charge is 2.10. The van der Waals surface area contributed by atoms with Crippen molar-refractivity contribution in [2.75, 3.05) is 25.6 Å². The van der Waals surface area contributed by atoms with Gasteiger partial charge in [-0.1, -0.05) is 11.6 Å². The summed E-state index contributed by atoms with van der Waals surface area (Å²) in [5.74, 6) is -0.332. The van der Waals surface area contributed by atoms with Crippen molar-refractivity contribution in [1.29, 1.82) is 0 Å². The number of benzene rings is 2. The maximum Gasteiger partial charge on any atom is 0.344 e.